The van der Waals surface area contributed by atoms with E-state index in [0.29, 0.717) is 12.5 Å². The molecule has 0 aliphatic carbocycles. The second kappa shape index (κ2) is 4.05. The van der Waals surface area contributed by atoms with Crippen molar-refractivity contribution < 1.29 is 4.39 Å². The second-order valence-corrected chi connectivity index (χ2v) is 3.37. The Morgan fingerprint density at radius 3 is 2.64 bits per heavy atom. The van der Waals surface area contributed by atoms with E-state index >= 15 is 0 Å². The Balaban J connectivity index is 2.34. The second-order valence-electron chi connectivity index (χ2n) is 3.37. The largest absolute Gasteiger partial charge is 0.301 e. The fraction of sp³-hybridized carbons (Fsp3) is 1.00. The molecule has 0 amide bonds. The SMILES string of the molecule is CC[C@H]1CCN(CC)C[C@H]1F. The Hall–Kier alpha value is -0.110. The van der Waals surface area contributed by atoms with E-state index in [1.54, 1.807) is 0 Å². The Kier molecular flexibility index (Phi) is 3.31. The van der Waals surface area contributed by atoms with Crippen LogP contribution >= 0.6 is 0 Å². The normalized spacial score (nSPS) is 34.1. The quantitative estimate of drug-likeness (QED) is 0.596. The van der Waals surface area contributed by atoms with Crippen molar-refractivity contribution in [2.24, 2.45) is 5.92 Å². The molecule has 1 fully saturated rings. The van der Waals surface area contributed by atoms with Gasteiger partial charge in [0.1, 0.15) is 6.17 Å². The average molecular weight is 159 g/mol. The molecule has 1 aliphatic heterocycles. The molecule has 0 N–H and O–H groups in total. The van der Waals surface area contributed by atoms with Crippen LogP contribution in [0.25, 0.3) is 0 Å². The summed E-state index contributed by atoms with van der Waals surface area (Å²) in [5.74, 6) is 0.331. The molecular formula is C9H18FN. The van der Waals surface area contributed by atoms with E-state index in [1.807, 2.05) is 0 Å². The van der Waals surface area contributed by atoms with Crippen LogP contribution in [-0.2, 0) is 0 Å². The van der Waals surface area contributed by atoms with Crippen LogP contribution in [0.1, 0.15) is 26.7 Å². The zero-order chi connectivity index (χ0) is 8.27. The van der Waals surface area contributed by atoms with Crippen molar-refractivity contribution in [2.45, 2.75) is 32.9 Å². The van der Waals surface area contributed by atoms with Gasteiger partial charge < -0.3 is 4.90 Å². The highest BCUT2D eigenvalue weighted by atomic mass is 19.1. The zero-order valence-corrected chi connectivity index (χ0v) is 7.52. The first kappa shape index (κ1) is 8.98. The van der Waals surface area contributed by atoms with E-state index in [-0.39, 0.29) is 0 Å². The fourth-order valence-electron chi connectivity index (χ4n) is 1.76. The summed E-state index contributed by atoms with van der Waals surface area (Å²) in [6.07, 6.45) is 1.47. The molecule has 0 aromatic heterocycles. The van der Waals surface area contributed by atoms with Gasteiger partial charge in [-0.15, -0.1) is 0 Å². The summed E-state index contributed by atoms with van der Waals surface area (Å²) in [6, 6.07) is 0. The van der Waals surface area contributed by atoms with Crippen LogP contribution < -0.4 is 0 Å². The molecule has 0 aromatic rings. The maximum Gasteiger partial charge on any atom is 0.116 e. The Morgan fingerprint density at radius 1 is 1.45 bits per heavy atom. The van der Waals surface area contributed by atoms with E-state index in [1.165, 1.54) is 0 Å². The minimum atomic E-state index is -0.575. The fourth-order valence-corrected chi connectivity index (χ4v) is 1.76. The maximum atomic E-state index is 13.2. The Morgan fingerprint density at radius 2 is 2.18 bits per heavy atom. The predicted molar refractivity (Wildman–Crippen MR) is 45.4 cm³/mol. The minimum absolute atomic E-state index is 0.331. The molecule has 1 saturated heterocycles. The lowest BCUT2D eigenvalue weighted by Crippen LogP contribution is -2.41. The molecule has 66 valence electrons. The van der Waals surface area contributed by atoms with Crippen molar-refractivity contribution in [2.75, 3.05) is 19.6 Å². The summed E-state index contributed by atoms with van der Waals surface area (Å²) in [5.41, 5.74) is 0. The molecule has 11 heavy (non-hydrogen) atoms. The van der Waals surface area contributed by atoms with Crippen molar-refractivity contribution in [3.63, 3.8) is 0 Å². The third-order valence-electron chi connectivity index (χ3n) is 2.73. The first-order valence-corrected chi connectivity index (χ1v) is 4.64. The monoisotopic (exact) mass is 159 g/mol. The van der Waals surface area contributed by atoms with Gasteiger partial charge in [-0.05, 0) is 25.4 Å². The molecule has 0 radical (unpaired) electrons. The first-order chi connectivity index (χ1) is 5.27. The minimum Gasteiger partial charge on any atom is -0.301 e. The van der Waals surface area contributed by atoms with Crippen LogP contribution in [0.2, 0.25) is 0 Å². The molecular weight excluding hydrogens is 141 g/mol. The van der Waals surface area contributed by atoms with Crippen LogP contribution in [-0.4, -0.2) is 30.7 Å². The molecule has 2 heteroatoms. The van der Waals surface area contributed by atoms with Crippen LogP contribution in [0.5, 0.6) is 0 Å². The van der Waals surface area contributed by atoms with E-state index in [4.69, 9.17) is 0 Å². The zero-order valence-electron chi connectivity index (χ0n) is 7.52. The van der Waals surface area contributed by atoms with E-state index in [9.17, 15) is 4.39 Å². The Bertz CT molecular complexity index is 116. The summed E-state index contributed by atoms with van der Waals surface area (Å²) < 4.78 is 13.2. The lowest BCUT2D eigenvalue weighted by molar-refractivity contribution is 0.0866. The predicted octanol–water partition coefficient (Wildman–Crippen LogP) is 2.08. The molecule has 1 rings (SSSR count). The lowest BCUT2D eigenvalue weighted by Gasteiger charge is -2.33. The van der Waals surface area contributed by atoms with Gasteiger partial charge in [-0.2, -0.15) is 0 Å². The van der Waals surface area contributed by atoms with E-state index in [0.717, 1.165) is 25.9 Å². The smallest absolute Gasteiger partial charge is 0.116 e. The van der Waals surface area contributed by atoms with E-state index < -0.39 is 6.17 Å². The highest BCUT2D eigenvalue weighted by Crippen LogP contribution is 2.22. The summed E-state index contributed by atoms with van der Waals surface area (Å²) in [6.45, 7) is 6.93. The molecule has 0 unspecified atom stereocenters. The Labute approximate surface area is 68.6 Å². The molecule has 0 bridgehead atoms. The van der Waals surface area contributed by atoms with Crippen molar-refractivity contribution in [1.29, 1.82) is 0 Å². The molecule has 0 saturated carbocycles. The number of hydrogen-bond donors (Lipinski definition) is 0. The van der Waals surface area contributed by atoms with Gasteiger partial charge in [0.25, 0.3) is 0 Å². The van der Waals surface area contributed by atoms with Crippen molar-refractivity contribution in [3.05, 3.63) is 0 Å². The van der Waals surface area contributed by atoms with Gasteiger partial charge in [-0.1, -0.05) is 20.3 Å². The van der Waals surface area contributed by atoms with Gasteiger partial charge >= 0.3 is 0 Å². The number of nitrogens with zero attached hydrogens (tertiary/aromatic N) is 1. The standard InChI is InChI=1S/C9H18FN/c1-3-8-5-6-11(4-2)7-9(8)10/h8-9H,3-7H2,1-2H3/t8-,9+/m0/s1. The summed E-state index contributed by atoms with van der Waals surface area (Å²) in [4.78, 5) is 2.19. The lowest BCUT2D eigenvalue weighted by atomic mass is 9.93. The number of hydrogen-bond acceptors (Lipinski definition) is 1. The van der Waals surface area contributed by atoms with Gasteiger partial charge in [0, 0.05) is 6.54 Å². The van der Waals surface area contributed by atoms with Crippen LogP contribution in [0.3, 0.4) is 0 Å². The molecule has 0 spiro atoms. The summed E-state index contributed by atoms with van der Waals surface area (Å²) in [5, 5.41) is 0. The van der Waals surface area contributed by atoms with Crippen LogP contribution in [0.4, 0.5) is 4.39 Å². The average Bonchev–Trinajstić information content (AvgIpc) is 2.04. The van der Waals surface area contributed by atoms with Crippen LogP contribution in [0, 0.1) is 5.92 Å². The molecule has 1 nitrogen and oxygen atoms in total. The van der Waals surface area contributed by atoms with Gasteiger partial charge in [-0.25, -0.2) is 4.39 Å². The molecule has 2 atom stereocenters. The topological polar surface area (TPSA) is 3.24 Å². The first-order valence-electron chi connectivity index (χ1n) is 4.64. The number of alkyl halides is 1. The third kappa shape index (κ3) is 2.16. The van der Waals surface area contributed by atoms with Gasteiger partial charge in [0.15, 0.2) is 0 Å². The van der Waals surface area contributed by atoms with Crippen molar-refractivity contribution in [3.8, 4) is 0 Å². The highest BCUT2D eigenvalue weighted by molar-refractivity contribution is 4.78. The van der Waals surface area contributed by atoms with Gasteiger partial charge in [0.2, 0.25) is 0 Å². The molecule has 1 heterocycles. The summed E-state index contributed by atoms with van der Waals surface area (Å²) >= 11 is 0. The van der Waals surface area contributed by atoms with Gasteiger partial charge in [0.05, 0.1) is 0 Å². The number of likely N-dealkylation sites (tertiary alicyclic amines) is 1. The third-order valence-corrected chi connectivity index (χ3v) is 2.73. The van der Waals surface area contributed by atoms with E-state index in [2.05, 4.69) is 18.7 Å². The maximum absolute atomic E-state index is 13.2. The number of halogens is 1. The van der Waals surface area contributed by atoms with Gasteiger partial charge in [-0.3, -0.25) is 0 Å². The summed E-state index contributed by atoms with van der Waals surface area (Å²) in [7, 11) is 0. The molecule has 1 aliphatic rings. The highest BCUT2D eigenvalue weighted by Gasteiger charge is 2.26. The number of rotatable bonds is 2. The van der Waals surface area contributed by atoms with Crippen LogP contribution in [0.15, 0.2) is 0 Å². The number of piperidine rings is 1. The molecule has 0 aromatic carbocycles. The van der Waals surface area contributed by atoms with Crippen molar-refractivity contribution >= 4 is 0 Å². The van der Waals surface area contributed by atoms with Crippen molar-refractivity contribution in [1.82, 2.24) is 4.90 Å².